The fourth-order valence-electron chi connectivity index (χ4n) is 2.02. The Morgan fingerprint density at radius 2 is 1.60 bits per heavy atom. The van der Waals surface area contributed by atoms with Gasteiger partial charge in [-0.3, -0.25) is 0 Å². The summed E-state index contributed by atoms with van der Waals surface area (Å²) in [5.74, 6) is 5.70. The van der Waals surface area contributed by atoms with Crippen LogP contribution in [0.3, 0.4) is 0 Å². The van der Waals surface area contributed by atoms with Gasteiger partial charge in [-0.2, -0.15) is 0 Å². The molecule has 2 heteroatoms. The molecule has 0 aliphatic rings. The second-order valence-corrected chi connectivity index (χ2v) is 5.57. The van der Waals surface area contributed by atoms with Crippen LogP contribution in [0, 0.1) is 21.2 Å². The third-order valence-corrected chi connectivity index (χ3v) is 3.94. The smallest absolute Gasteiger partial charge is 0.139 e. The van der Waals surface area contributed by atoms with Crippen LogP contribution < -0.4 is 0 Å². The molecule has 3 aromatic carbocycles. The summed E-state index contributed by atoms with van der Waals surface area (Å²) in [6.45, 7) is 0. The van der Waals surface area contributed by atoms with Crippen LogP contribution in [0.1, 0.15) is 11.1 Å². The summed E-state index contributed by atoms with van der Waals surface area (Å²) in [4.78, 5) is 0. The van der Waals surface area contributed by atoms with Crippen molar-refractivity contribution in [2.24, 2.45) is 0 Å². The molecule has 0 spiro atoms. The second kappa shape index (κ2) is 5.64. The fraction of sp³-hybridized carbons (Fsp3) is 0. The van der Waals surface area contributed by atoms with E-state index in [2.05, 4.69) is 40.5 Å². The van der Waals surface area contributed by atoms with Crippen molar-refractivity contribution in [3.63, 3.8) is 0 Å². The topological polar surface area (TPSA) is 0 Å². The summed E-state index contributed by atoms with van der Waals surface area (Å²) in [6, 6.07) is 19.1. The molecule has 3 rings (SSSR count). The van der Waals surface area contributed by atoms with Gasteiger partial charge in [0.15, 0.2) is 0 Å². The Morgan fingerprint density at radius 3 is 2.40 bits per heavy atom. The summed E-state index contributed by atoms with van der Waals surface area (Å²) in [6.07, 6.45) is 0. The van der Waals surface area contributed by atoms with Gasteiger partial charge in [0.2, 0.25) is 0 Å². The van der Waals surface area contributed by atoms with Gasteiger partial charge in [-0.1, -0.05) is 48.2 Å². The molecule has 0 fully saturated rings. The van der Waals surface area contributed by atoms with E-state index in [1.807, 2.05) is 42.5 Å². The minimum Gasteiger partial charge on any atom is -0.206 e. The Balaban J connectivity index is 2.04. The molecule has 0 bridgehead atoms. The van der Waals surface area contributed by atoms with Gasteiger partial charge >= 0.3 is 0 Å². The van der Waals surface area contributed by atoms with E-state index in [4.69, 9.17) is 0 Å². The van der Waals surface area contributed by atoms with Crippen molar-refractivity contribution in [2.45, 2.75) is 0 Å². The Bertz CT molecular complexity index is 820. The van der Waals surface area contributed by atoms with Gasteiger partial charge in [-0.05, 0) is 57.6 Å². The van der Waals surface area contributed by atoms with Crippen LogP contribution in [-0.2, 0) is 0 Å². The van der Waals surface area contributed by atoms with Crippen molar-refractivity contribution in [1.82, 2.24) is 0 Å². The van der Waals surface area contributed by atoms with Crippen molar-refractivity contribution in [2.75, 3.05) is 0 Å². The average Bonchev–Trinajstić information content (AvgIpc) is 2.46. The first-order valence-electron chi connectivity index (χ1n) is 6.19. The maximum Gasteiger partial charge on any atom is 0.139 e. The minimum absolute atomic E-state index is 0.273. The normalized spacial score (nSPS) is 10.1. The molecule has 0 radical (unpaired) electrons. The number of benzene rings is 3. The van der Waals surface area contributed by atoms with Crippen LogP contribution in [0.15, 0.2) is 60.7 Å². The van der Waals surface area contributed by atoms with Crippen LogP contribution in [-0.4, -0.2) is 0 Å². The first-order chi connectivity index (χ1) is 9.74. The summed E-state index contributed by atoms with van der Waals surface area (Å²) in [5.41, 5.74) is 1.35. The molecular formula is C18H10FI. The molecule has 0 heterocycles. The van der Waals surface area contributed by atoms with Crippen molar-refractivity contribution in [1.29, 1.82) is 0 Å². The van der Waals surface area contributed by atoms with E-state index in [1.54, 1.807) is 6.07 Å². The van der Waals surface area contributed by atoms with Gasteiger partial charge in [0.1, 0.15) is 5.82 Å². The highest BCUT2D eigenvalue weighted by atomic mass is 127. The monoisotopic (exact) mass is 372 g/mol. The Labute approximate surface area is 130 Å². The highest BCUT2D eigenvalue weighted by Crippen LogP contribution is 2.17. The molecule has 0 N–H and O–H groups in total. The minimum atomic E-state index is -0.273. The van der Waals surface area contributed by atoms with E-state index in [9.17, 15) is 4.39 Å². The lowest BCUT2D eigenvalue weighted by molar-refractivity contribution is 0.623. The Hall–Kier alpha value is -1.86. The van der Waals surface area contributed by atoms with Crippen molar-refractivity contribution in [3.8, 4) is 11.8 Å². The number of halogens is 2. The summed E-state index contributed by atoms with van der Waals surface area (Å²) in [7, 11) is 0. The molecule has 0 aliphatic heterocycles. The van der Waals surface area contributed by atoms with E-state index < -0.39 is 0 Å². The third kappa shape index (κ3) is 2.68. The van der Waals surface area contributed by atoms with Crippen LogP contribution in [0.4, 0.5) is 4.39 Å². The summed E-state index contributed by atoms with van der Waals surface area (Å²) in [5, 5.41) is 2.32. The quantitative estimate of drug-likeness (QED) is 0.386. The van der Waals surface area contributed by atoms with Gasteiger partial charge in [0, 0.05) is 9.13 Å². The molecule has 0 unspecified atom stereocenters. The van der Waals surface area contributed by atoms with Gasteiger partial charge in [-0.25, -0.2) is 4.39 Å². The maximum atomic E-state index is 13.7. The Kier molecular flexibility index (Phi) is 3.70. The summed E-state index contributed by atoms with van der Waals surface area (Å²) >= 11 is 2.10. The number of fused-ring (bicyclic) bond motifs is 1. The van der Waals surface area contributed by atoms with E-state index in [0.29, 0.717) is 5.56 Å². The number of hydrogen-bond donors (Lipinski definition) is 0. The zero-order valence-electron chi connectivity index (χ0n) is 10.5. The van der Waals surface area contributed by atoms with E-state index >= 15 is 0 Å². The van der Waals surface area contributed by atoms with Crippen molar-refractivity contribution in [3.05, 3.63) is 81.2 Å². The molecule has 3 aromatic rings. The fourth-order valence-corrected chi connectivity index (χ4v) is 2.62. The van der Waals surface area contributed by atoms with Gasteiger partial charge in [0.25, 0.3) is 0 Å². The standard InChI is InChI=1S/C18H10FI/c19-17-6-3-7-18(20)16(17)11-9-13-8-10-14-4-1-2-5-15(14)12-13/h1-8,10,12H. The molecule has 0 saturated heterocycles. The zero-order valence-corrected chi connectivity index (χ0v) is 12.7. The predicted molar refractivity (Wildman–Crippen MR) is 89.0 cm³/mol. The largest absolute Gasteiger partial charge is 0.206 e. The third-order valence-electron chi connectivity index (χ3n) is 3.04. The molecular weight excluding hydrogens is 362 g/mol. The lowest BCUT2D eigenvalue weighted by Crippen LogP contribution is -1.87. The predicted octanol–water partition coefficient (Wildman–Crippen LogP) is 4.98. The van der Waals surface area contributed by atoms with Crippen LogP contribution in [0.2, 0.25) is 0 Å². The summed E-state index contributed by atoms with van der Waals surface area (Å²) < 4.78 is 14.5. The molecule has 0 nitrogen and oxygen atoms in total. The molecule has 0 saturated carbocycles. The number of hydrogen-bond acceptors (Lipinski definition) is 0. The Morgan fingerprint density at radius 1 is 0.800 bits per heavy atom. The van der Waals surface area contributed by atoms with Crippen molar-refractivity contribution >= 4 is 33.4 Å². The molecule has 20 heavy (non-hydrogen) atoms. The number of rotatable bonds is 0. The van der Waals surface area contributed by atoms with E-state index in [0.717, 1.165) is 14.5 Å². The lowest BCUT2D eigenvalue weighted by Gasteiger charge is -1.98. The van der Waals surface area contributed by atoms with E-state index in [1.165, 1.54) is 11.5 Å². The maximum absolute atomic E-state index is 13.7. The second-order valence-electron chi connectivity index (χ2n) is 4.41. The van der Waals surface area contributed by atoms with Crippen molar-refractivity contribution < 1.29 is 4.39 Å². The van der Waals surface area contributed by atoms with Gasteiger partial charge in [0.05, 0.1) is 5.56 Å². The molecule has 96 valence electrons. The highest BCUT2D eigenvalue weighted by molar-refractivity contribution is 14.1. The van der Waals surface area contributed by atoms with Crippen LogP contribution in [0.25, 0.3) is 10.8 Å². The van der Waals surface area contributed by atoms with E-state index in [-0.39, 0.29) is 5.82 Å². The highest BCUT2D eigenvalue weighted by Gasteiger charge is 2.02. The zero-order chi connectivity index (χ0) is 13.9. The average molecular weight is 372 g/mol. The van der Waals surface area contributed by atoms with Crippen LogP contribution >= 0.6 is 22.6 Å². The first-order valence-corrected chi connectivity index (χ1v) is 7.27. The molecule has 0 amide bonds. The van der Waals surface area contributed by atoms with Crippen LogP contribution in [0.5, 0.6) is 0 Å². The first kappa shape index (κ1) is 13.1. The molecule has 0 aliphatic carbocycles. The SMILES string of the molecule is Fc1cccc(I)c1C#Cc1ccc2ccccc2c1. The lowest BCUT2D eigenvalue weighted by atomic mass is 10.1. The van der Waals surface area contributed by atoms with Gasteiger partial charge in [-0.15, -0.1) is 0 Å². The molecule has 0 aromatic heterocycles. The van der Waals surface area contributed by atoms with Gasteiger partial charge < -0.3 is 0 Å². The molecule has 0 atom stereocenters.